The van der Waals surface area contributed by atoms with Crippen LogP contribution in [0.1, 0.15) is 25.8 Å². The van der Waals surface area contributed by atoms with E-state index in [4.69, 9.17) is 4.74 Å². The number of nitrogens with zero attached hydrogens (tertiary/aromatic N) is 2. The van der Waals surface area contributed by atoms with Gasteiger partial charge in [-0.2, -0.15) is 0 Å². The van der Waals surface area contributed by atoms with Gasteiger partial charge in [0.2, 0.25) is 0 Å². The maximum absolute atomic E-state index is 10.8. The normalized spacial score (nSPS) is 23.4. The number of hydrogen-bond donors (Lipinski definition) is 0. The van der Waals surface area contributed by atoms with Crippen LogP contribution in [0.2, 0.25) is 0 Å². The van der Waals surface area contributed by atoms with Gasteiger partial charge in [0.05, 0.1) is 11.0 Å². The maximum Gasteiger partial charge on any atom is 0.272 e. The third kappa shape index (κ3) is 2.31. The Balaban J connectivity index is 2.24. The van der Waals surface area contributed by atoms with Gasteiger partial charge in [-0.25, -0.2) is 0 Å². The maximum atomic E-state index is 10.8. The van der Waals surface area contributed by atoms with Crippen LogP contribution in [-0.4, -0.2) is 23.8 Å². The van der Waals surface area contributed by atoms with Crippen molar-refractivity contribution in [2.75, 3.05) is 11.4 Å². The fourth-order valence-electron chi connectivity index (χ4n) is 2.33. The lowest BCUT2D eigenvalue weighted by Gasteiger charge is -2.22. The second-order valence-corrected chi connectivity index (χ2v) is 4.65. The highest BCUT2D eigenvalue weighted by molar-refractivity contribution is 5.56. The summed E-state index contributed by atoms with van der Waals surface area (Å²) < 4.78 is 5.79. The van der Waals surface area contributed by atoms with E-state index >= 15 is 0 Å². The monoisotopic (exact) mass is 250 g/mol. The number of aryl methyl sites for hydroxylation is 1. The van der Waals surface area contributed by atoms with E-state index in [-0.39, 0.29) is 22.9 Å². The van der Waals surface area contributed by atoms with Crippen LogP contribution in [0.4, 0.5) is 11.4 Å². The Labute approximate surface area is 107 Å². The van der Waals surface area contributed by atoms with Gasteiger partial charge < -0.3 is 9.64 Å². The van der Waals surface area contributed by atoms with Gasteiger partial charge in [-0.05, 0) is 32.4 Å². The third-order valence-corrected chi connectivity index (χ3v) is 3.39. The van der Waals surface area contributed by atoms with Crippen molar-refractivity contribution in [3.63, 3.8) is 0 Å². The van der Waals surface area contributed by atoms with E-state index in [1.165, 1.54) is 0 Å². The lowest BCUT2D eigenvalue weighted by atomic mass is 10.1. The Bertz CT molecular complexity index is 462. The summed E-state index contributed by atoms with van der Waals surface area (Å²) in [6.45, 7) is 6.71. The molecule has 98 valence electrons. The van der Waals surface area contributed by atoms with Crippen LogP contribution in [-0.2, 0) is 4.74 Å². The number of hydrogen-bond acceptors (Lipinski definition) is 4. The predicted molar refractivity (Wildman–Crippen MR) is 69.8 cm³/mol. The molecule has 2 rings (SSSR count). The Morgan fingerprint density at radius 2 is 2.28 bits per heavy atom. The summed E-state index contributed by atoms with van der Waals surface area (Å²) >= 11 is 0. The summed E-state index contributed by atoms with van der Waals surface area (Å²) in [4.78, 5) is 12.6. The number of benzene rings is 1. The van der Waals surface area contributed by atoms with Crippen molar-refractivity contribution in [3.8, 4) is 0 Å². The lowest BCUT2D eigenvalue weighted by molar-refractivity contribution is -0.385. The topological polar surface area (TPSA) is 55.6 Å². The number of nitro groups is 1. The molecule has 0 N–H and O–H groups in total. The first-order chi connectivity index (χ1) is 8.52. The van der Waals surface area contributed by atoms with Crippen LogP contribution in [0.5, 0.6) is 0 Å². The number of rotatable bonds is 3. The Morgan fingerprint density at radius 1 is 1.56 bits per heavy atom. The SMILES string of the molecule is CC[C@@H]1CN(c2ccc([N+](=O)[O-])c(C)c2)[C@@H](C)O1. The second kappa shape index (κ2) is 4.94. The van der Waals surface area contributed by atoms with Gasteiger partial charge in [-0.3, -0.25) is 10.1 Å². The summed E-state index contributed by atoms with van der Waals surface area (Å²) in [5, 5.41) is 10.8. The minimum Gasteiger partial charge on any atom is -0.354 e. The molecule has 1 aliphatic rings. The van der Waals surface area contributed by atoms with Gasteiger partial charge >= 0.3 is 0 Å². The van der Waals surface area contributed by atoms with Gasteiger partial charge in [-0.1, -0.05) is 6.92 Å². The Kier molecular flexibility index (Phi) is 3.52. The summed E-state index contributed by atoms with van der Waals surface area (Å²) in [7, 11) is 0. The van der Waals surface area contributed by atoms with E-state index in [2.05, 4.69) is 11.8 Å². The van der Waals surface area contributed by atoms with Crippen molar-refractivity contribution in [3.05, 3.63) is 33.9 Å². The van der Waals surface area contributed by atoms with E-state index in [9.17, 15) is 10.1 Å². The molecule has 1 saturated heterocycles. The van der Waals surface area contributed by atoms with Gasteiger partial charge in [-0.15, -0.1) is 0 Å². The van der Waals surface area contributed by atoms with Crippen LogP contribution in [0.15, 0.2) is 18.2 Å². The molecule has 1 heterocycles. The van der Waals surface area contributed by atoms with Gasteiger partial charge in [0.25, 0.3) is 5.69 Å². The lowest BCUT2D eigenvalue weighted by Crippen LogP contribution is -2.27. The highest BCUT2D eigenvalue weighted by atomic mass is 16.6. The summed E-state index contributed by atoms with van der Waals surface area (Å²) in [5.74, 6) is 0. The van der Waals surface area contributed by atoms with Crippen LogP contribution in [0.25, 0.3) is 0 Å². The molecule has 0 saturated carbocycles. The minimum absolute atomic E-state index is 0.0239. The van der Waals surface area contributed by atoms with E-state index in [1.54, 1.807) is 19.1 Å². The quantitative estimate of drug-likeness (QED) is 0.611. The molecule has 0 bridgehead atoms. The predicted octanol–water partition coefficient (Wildman–Crippen LogP) is 2.86. The molecule has 18 heavy (non-hydrogen) atoms. The zero-order valence-electron chi connectivity index (χ0n) is 10.9. The van der Waals surface area contributed by atoms with Gasteiger partial charge in [0, 0.05) is 23.9 Å². The first-order valence-corrected chi connectivity index (χ1v) is 6.20. The van der Waals surface area contributed by atoms with E-state index in [0.29, 0.717) is 5.56 Å². The fourth-order valence-corrected chi connectivity index (χ4v) is 2.33. The first-order valence-electron chi connectivity index (χ1n) is 6.20. The molecule has 0 radical (unpaired) electrons. The average molecular weight is 250 g/mol. The highest BCUT2D eigenvalue weighted by Gasteiger charge is 2.29. The standard InChI is InChI=1S/C13H18N2O3/c1-4-12-8-14(10(3)18-12)11-5-6-13(15(16)17)9(2)7-11/h5-7,10,12H,4,8H2,1-3H3/t10-,12-/m1/s1. The minimum atomic E-state index is -0.349. The molecule has 1 aromatic carbocycles. The molecule has 2 atom stereocenters. The number of ether oxygens (including phenoxy) is 1. The zero-order chi connectivity index (χ0) is 13.3. The summed E-state index contributed by atoms with van der Waals surface area (Å²) in [5.41, 5.74) is 1.84. The molecule has 5 nitrogen and oxygen atoms in total. The van der Waals surface area contributed by atoms with Crippen molar-refractivity contribution in [1.82, 2.24) is 0 Å². The Morgan fingerprint density at radius 3 is 2.78 bits per heavy atom. The molecular weight excluding hydrogens is 232 g/mol. The van der Waals surface area contributed by atoms with Crippen molar-refractivity contribution in [2.45, 2.75) is 39.5 Å². The molecule has 0 aromatic heterocycles. The summed E-state index contributed by atoms with van der Waals surface area (Å²) in [6.07, 6.45) is 1.25. The highest BCUT2D eigenvalue weighted by Crippen LogP contribution is 2.29. The van der Waals surface area contributed by atoms with Crippen LogP contribution in [0, 0.1) is 17.0 Å². The number of nitro benzene ring substituents is 1. The molecule has 1 aromatic rings. The third-order valence-electron chi connectivity index (χ3n) is 3.39. The van der Waals surface area contributed by atoms with E-state index in [1.807, 2.05) is 13.0 Å². The Hall–Kier alpha value is -1.62. The molecule has 0 amide bonds. The van der Waals surface area contributed by atoms with Crippen molar-refractivity contribution < 1.29 is 9.66 Å². The van der Waals surface area contributed by atoms with Gasteiger partial charge in [0.1, 0.15) is 6.23 Å². The molecule has 0 aliphatic carbocycles. The smallest absolute Gasteiger partial charge is 0.272 e. The van der Waals surface area contributed by atoms with Crippen LogP contribution in [0.3, 0.4) is 0 Å². The number of anilines is 1. The fraction of sp³-hybridized carbons (Fsp3) is 0.538. The second-order valence-electron chi connectivity index (χ2n) is 4.65. The summed E-state index contributed by atoms with van der Waals surface area (Å²) in [6, 6.07) is 5.22. The molecule has 1 aliphatic heterocycles. The first kappa shape index (κ1) is 12.8. The van der Waals surface area contributed by atoms with Gasteiger partial charge in [0.15, 0.2) is 0 Å². The van der Waals surface area contributed by atoms with Crippen LogP contribution < -0.4 is 4.90 Å². The van der Waals surface area contributed by atoms with E-state index in [0.717, 1.165) is 18.7 Å². The average Bonchev–Trinajstić information content (AvgIpc) is 2.70. The van der Waals surface area contributed by atoms with Crippen molar-refractivity contribution in [2.24, 2.45) is 0 Å². The molecule has 0 unspecified atom stereocenters. The van der Waals surface area contributed by atoms with Crippen molar-refractivity contribution in [1.29, 1.82) is 0 Å². The van der Waals surface area contributed by atoms with Crippen molar-refractivity contribution >= 4 is 11.4 Å². The van der Waals surface area contributed by atoms with E-state index < -0.39 is 0 Å². The zero-order valence-corrected chi connectivity index (χ0v) is 10.9. The molecular formula is C13H18N2O3. The molecule has 0 spiro atoms. The largest absolute Gasteiger partial charge is 0.354 e. The molecule has 1 fully saturated rings. The molecule has 5 heteroatoms. The van der Waals surface area contributed by atoms with Crippen LogP contribution >= 0.6 is 0 Å².